The van der Waals surface area contributed by atoms with Crippen LogP contribution >= 0.6 is 0 Å². The highest BCUT2D eigenvalue weighted by Crippen LogP contribution is 2.51. The van der Waals surface area contributed by atoms with Crippen LogP contribution in [0.15, 0.2) is 54.6 Å². The fraction of sp³-hybridized carbons (Fsp3) is 0.333. The van der Waals surface area contributed by atoms with E-state index in [4.69, 9.17) is 9.47 Å². The molecule has 2 aliphatic rings. The fourth-order valence-corrected chi connectivity index (χ4v) is 4.36. The molecule has 0 saturated carbocycles. The van der Waals surface area contributed by atoms with E-state index in [0.717, 1.165) is 4.90 Å². The molecular weight excluding hydrogens is 412 g/mol. The zero-order chi connectivity index (χ0) is 23.0. The summed E-state index contributed by atoms with van der Waals surface area (Å²) in [5.41, 5.74) is -0.141. The van der Waals surface area contributed by atoms with Gasteiger partial charge in [-0.1, -0.05) is 36.4 Å². The van der Waals surface area contributed by atoms with Crippen molar-refractivity contribution < 1.29 is 28.7 Å². The summed E-state index contributed by atoms with van der Waals surface area (Å²) in [5.74, 6) is -1.50. The predicted octanol–water partition coefficient (Wildman–Crippen LogP) is 3.18. The van der Waals surface area contributed by atoms with Crippen LogP contribution in [0.4, 0.5) is 4.79 Å². The van der Waals surface area contributed by atoms with Crippen molar-refractivity contribution in [1.29, 1.82) is 0 Å². The highest BCUT2D eigenvalue weighted by atomic mass is 16.5. The van der Waals surface area contributed by atoms with Crippen LogP contribution in [-0.2, 0) is 14.3 Å². The largest absolute Gasteiger partial charge is 0.467 e. The van der Waals surface area contributed by atoms with Crippen molar-refractivity contribution in [1.82, 2.24) is 9.80 Å². The van der Waals surface area contributed by atoms with Gasteiger partial charge in [-0.3, -0.25) is 19.4 Å². The number of hydrogen-bond donors (Lipinski definition) is 0. The Morgan fingerprint density at radius 3 is 2.41 bits per heavy atom. The molecule has 3 amide bonds. The van der Waals surface area contributed by atoms with Gasteiger partial charge in [-0.05, 0) is 32.0 Å². The van der Waals surface area contributed by atoms with Crippen molar-refractivity contribution in [2.75, 3.05) is 13.7 Å². The lowest BCUT2D eigenvalue weighted by atomic mass is 9.78. The van der Waals surface area contributed by atoms with E-state index in [1.165, 1.54) is 18.9 Å². The van der Waals surface area contributed by atoms with Crippen LogP contribution in [-0.4, -0.2) is 52.9 Å². The first-order valence-electron chi connectivity index (χ1n) is 10.3. The number of para-hydroxylation sites is 1. The van der Waals surface area contributed by atoms with E-state index in [9.17, 15) is 19.2 Å². The lowest BCUT2D eigenvalue weighted by molar-refractivity contribution is -0.171. The van der Waals surface area contributed by atoms with Gasteiger partial charge < -0.3 is 9.47 Å². The number of carbonyl (C=O) groups excluding carboxylic acids is 4. The average molecular weight is 436 g/mol. The molecule has 166 valence electrons. The van der Waals surface area contributed by atoms with Crippen molar-refractivity contribution in [2.24, 2.45) is 5.92 Å². The lowest BCUT2D eigenvalue weighted by Crippen LogP contribution is -2.71. The summed E-state index contributed by atoms with van der Waals surface area (Å²) in [4.78, 5) is 52.9. The third-order valence-electron chi connectivity index (χ3n) is 6.13. The summed E-state index contributed by atoms with van der Waals surface area (Å²) >= 11 is 0. The molecule has 2 aromatic carbocycles. The Balaban J connectivity index is 1.74. The van der Waals surface area contributed by atoms with E-state index in [1.54, 1.807) is 61.5 Å². The Morgan fingerprint density at radius 2 is 1.72 bits per heavy atom. The number of carbonyl (C=O) groups is 4. The highest BCUT2D eigenvalue weighted by Gasteiger charge is 2.60. The van der Waals surface area contributed by atoms with Crippen molar-refractivity contribution in [3.05, 3.63) is 65.7 Å². The molecule has 1 fully saturated rings. The van der Waals surface area contributed by atoms with Gasteiger partial charge in [0, 0.05) is 12.6 Å². The van der Waals surface area contributed by atoms with Crippen molar-refractivity contribution in [3.8, 4) is 5.75 Å². The molecule has 0 aliphatic carbocycles. The fourth-order valence-electron chi connectivity index (χ4n) is 4.36. The first-order valence-corrected chi connectivity index (χ1v) is 10.3. The zero-order valence-corrected chi connectivity index (χ0v) is 18.1. The third kappa shape index (κ3) is 3.51. The normalized spacial score (nSPS) is 23.8. The number of rotatable bonds is 5. The molecule has 8 nitrogen and oxygen atoms in total. The minimum absolute atomic E-state index is 0.0926. The van der Waals surface area contributed by atoms with Gasteiger partial charge >= 0.3 is 12.0 Å². The van der Waals surface area contributed by atoms with Gasteiger partial charge in [0.15, 0.2) is 5.72 Å². The molecule has 0 N–H and O–H groups in total. The third-order valence-corrected chi connectivity index (χ3v) is 6.13. The van der Waals surface area contributed by atoms with Crippen LogP contribution in [0.2, 0.25) is 0 Å². The first-order chi connectivity index (χ1) is 15.2. The molecule has 2 aliphatic heterocycles. The monoisotopic (exact) mass is 436 g/mol. The number of hydrogen-bond acceptors (Lipinski definition) is 6. The number of esters is 1. The highest BCUT2D eigenvalue weighted by molar-refractivity contribution is 6.04. The van der Waals surface area contributed by atoms with E-state index < -0.39 is 42.0 Å². The van der Waals surface area contributed by atoms with Gasteiger partial charge in [0.25, 0.3) is 0 Å². The summed E-state index contributed by atoms with van der Waals surface area (Å²) in [5, 5.41) is 0. The lowest BCUT2D eigenvalue weighted by Gasteiger charge is -2.57. The smallest absolute Gasteiger partial charge is 0.338 e. The molecule has 1 saturated heterocycles. The van der Waals surface area contributed by atoms with E-state index in [-0.39, 0.29) is 12.4 Å². The molecule has 2 heterocycles. The number of benzene rings is 2. The number of Topliss-reactive ketones (excluding diaryl/α,β-unsaturated/α-hetero) is 1. The molecule has 0 radical (unpaired) electrons. The van der Waals surface area contributed by atoms with Gasteiger partial charge in [-0.2, -0.15) is 0 Å². The van der Waals surface area contributed by atoms with Crippen molar-refractivity contribution >= 4 is 23.7 Å². The van der Waals surface area contributed by atoms with Crippen LogP contribution in [0, 0.1) is 5.92 Å². The molecule has 2 bridgehead atoms. The molecule has 8 heteroatoms. The van der Waals surface area contributed by atoms with Crippen LogP contribution in [0.5, 0.6) is 5.75 Å². The van der Waals surface area contributed by atoms with Crippen molar-refractivity contribution in [2.45, 2.75) is 32.0 Å². The number of ketones is 1. The topological polar surface area (TPSA) is 93.2 Å². The van der Waals surface area contributed by atoms with Gasteiger partial charge in [0.05, 0.1) is 23.9 Å². The van der Waals surface area contributed by atoms with Crippen LogP contribution in [0.3, 0.4) is 0 Å². The standard InChI is InChI=1S/C24H24N2O6/c1-15(27)13-20(28)26-21-17-11-7-8-12-19(17)32-24(2,25(3)23(26)30)18(21)14-31-22(29)16-9-5-4-6-10-16/h4-12,18,21H,13-14H2,1-3H3/t18-,21-,24+/m1/s1. The molecular formula is C24H24N2O6. The van der Waals surface area contributed by atoms with Crippen LogP contribution in [0.25, 0.3) is 0 Å². The Bertz CT molecular complexity index is 1080. The number of ether oxygens (including phenoxy) is 2. The van der Waals surface area contributed by atoms with Crippen LogP contribution in [0.1, 0.15) is 42.2 Å². The van der Waals surface area contributed by atoms with Gasteiger partial charge in [0.1, 0.15) is 18.1 Å². The second kappa shape index (κ2) is 8.11. The second-order valence-electron chi connectivity index (χ2n) is 8.19. The quantitative estimate of drug-likeness (QED) is 0.528. The van der Waals surface area contributed by atoms with E-state index in [0.29, 0.717) is 16.9 Å². The Labute approximate surface area is 185 Å². The second-order valence-corrected chi connectivity index (χ2v) is 8.19. The van der Waals surface area contributed by atoms with Crippen LogP contribution < -0.4 is 4.74 Å². The average Bonchev–Trinajstić information content (AvgIpc) is 2.77. The maximum atomic E-state index is 13.2. The van der Waals surface area contributed by atoms with E-state index in [1.807, 2.05) is 0 Å². The molecule has 4 rings (SSSR count). The molecule has 0 unspecified atom stereocenters. The summed E-state index contributed by atoms with van der Waals surface area (Å²) in [6, 6.07) is 14.4. The first kappa shape index (κ1) is 21.5. The van der Waals surface area contributed by atoms with Gasteiger partial charge in [-0.15, -0.1) is 0 Å². The number of imide groups is 1. The zero-order valence-electron chi connectivity index (χ0n) is 18.1. The maximum Gasteiger partial charge on any atom is 0.338 e. The van der Waals surface area contributed by atoms with Crippen molar-refractivity contribution in [3.63, 3.8) is 0 Å². The molecule has 0 aromatic heterocycles. The molecule has 0 spiro atoms. The van der Waals surface area contributed by atoms with E-state index >= 15 is 0 Å². The van der Waals surface area contributed by atoms with Gasteiger partial charge in [-0.25, -0.2) is 9.59 Å². The molecule has 3 atom stereocenters. The Morgan fingerprint density at radius 1 is 1.06 bits per heavy atom. The molecule has 2 aromatic rings. The number of amides is 3. The van der Waals surface area contributed by atoms with Gasteiger partial charge in [0.2, 0.25) is 5.91 Å². The predicted molar refractivity (Wildman–Crippen MR) is 114 cm³/mol. The number of urea groups is 1. The number of nitrogens with zero attached hydrogens (tertiary/aromatic N) is 2. The SMILES string of the molecule is CC(=O)CC(=O)N1C(=O)N(C)[C@@]2(C)Oc3ccccc3[C@@H]1[C@H]2COC(=O)c1ccccc1. The summed E-state index contributed by atoms with van der Waals surface area (Å²) in [6.07, 6.45) is -0.396. The molecule has 32 heavy (non-hydrogen) atoms. The summed E-state index contributed by atoms with van der Waals surface area (Å²) in [6.45, 7) is 2.95. The summed E-state index contributed by atoms with van der Waals surface area (Å²) < 4.78 is 11.9. The summed E-state index contributed by atoms with van der Waals surface area (Å²) in [7, 11) is 1.53. The Hall–Kier alpha value is -3.68. The minimum atomic E-state index is -1.17. The Kier molecular flexibility index (Phi) is 5.46. The number of fused-ring (bicyclic) bond motifs is 4. The van der Waals surface area contributed by atoms with E-state index in [2.05, 4.69) is 0 Å². The maximum absolute atomic E-state index is 13.2. The minimum Gasteiger partial charge on any atom is -0.467 e.